The molecule has 4 rings (SSSR count). The zero-order valence-electron chi connectivity index (χ0n) is 14.9. The predicted octanol–water partition coefficient (Wildman–Crippen LogP) is 4.00. The van der Waals surface area contributed by atoms with Gasteiger partial charge in [0.25, 0.3) is 0 Å². The van der Waals surface area contributed by atoms with Gasteiger partial charge in [0.1, 0.15) is 5.82 Å². The number of thiazole rings is 1. The first kappa shape index (κ1) is 16.3. The fourth-order valence-corrected chi connectivity index (χ4v) is 4.95. The van der Waals surface area contributed by atoms with Gasteiger partial charge in [-0.05, 0) is 58.0 Å². The van der Waals surface area contributed by atoms with Crippen LogP contribution in [0.15, 0.2) is 12.4 Å². The van der Waals surface area contributed by atoms with Crippen molar-refractivity contribution in [3.63, 3.8) is 0 Å². The van der Waals surface area contributed by atoms with Crippen LogP contribution in [0.5, 0.6) is 0 Å². The molecule has 0 aromatic carbocycles. The minimum Gasteiger partial charge on any atom is -0.334 e. The van der Waals surface area contributed by atoms with E-state index in [0.717, 1.165) is 18.9 Å². The van der Waals surface area contributed by atoms with E-state index < -0.39 is 0 Å². The molecule has 3 heterocycles. The van der Waals surface area contributed by atoms with E-state index in [4.69, 9.17) is 4.98 Å². The van der Waals surface area contributed by atoms with Gasteiger partial charge in [-0.3, -0.25) is 4.90 Å². The molecule has 24 heavy (non-hydrogen) atoms. The summed E-state index contributed by atoms with van der Waals surface area (Å²) in [4.78, 5) is 13.5. The van der Waals surface area contributed by atoms with Crippen molar-refractivity contribution in [2.24, 2.45) is 5.92 Å². The minimum absolute atomic E-state index is 0.642. The van der Waals surface area contributed by atoms with Crippen molar-refractivity contribution in [1.82, 2.24) is 19.4 Å². The van der Waals surface area contributed by atoms with Gasteiger partial charge in [-0.15, -0.1) is 11.3 Å². The Bertz CT molecular complexity index is 677. The fourth-order valence-electron chi connectivity index (χ4n) is 3.88. The Labute approximate surface area is 148 Å². The Balaban J connectivity index is 1.35. The first-order valence-corrected chi connectivity index (χ1v) is 10.2. The molecule has 4 nitrogen and oxygen atoms in total. The zero-order valence-corrected chi connectivity index (χ0v) is 15.7. The summed E-state index contributed by atoms with van der Waals surface area (Å²) in [6.07, 6.45) is 10.5. The number of piperidine rings is 1. The lowest BCUT2D eigenvalue weighted by atomic mass is 9.95. The summed E-state index contributed by atoms with van der Waals surface area (Å²) in [6, 6.07) is 0. The molecule has 0 N–H and O–H groups in total. The van der Waals surface area contributed by atoms with Crippen LogP contribution in [0.3, 0.4) is 0 Å². The molecule has 0 unspecified atom stereocenters. The largest absolute Gasteiger partial charge is 0.334 e. The highest BCUT2D eigenvalue weighted by atomic mass is 32.1. The molecule has 1 saturated carbocycles. The quantitative estimate of drug-likeness (QED) is 0.794. The van der Waals surface area contributed by atoms with E-state index in [1.165, 1.54) is 66.7 Å². The molecule has 1 aliphatic heterocycles. The van der Waals surface area contributed by atoms with Gasteiger partial charge in [0.05, 0.1) is 10.7 Å². The molecule has 0 spiro atoms. The standard InChI is InChI=1S/C19H28N4S/c1-3-17-18(24-14(2)21-17)13-22-9-6-16(7-10-22)19-20-8-11-23(19)12-15-4-5-15/h8,11,15-16H,3-7,9-10,12-13H2,1-2H3. The molecule has 2 aromatic heterocycles. The summed E-state index contributed by atoms with van der Waals surface area (Å²) in [7, 11) is 0. The Morgan fingerprint density at radius 2 is 2.00 bits per heavy atom. The van der Waals surface area contributed by atoms with Gasteiger partial charge in [0.15, 0.2) is 0 Å². The van der Waals surface area contributed by atoms with Crippen molar-refractivity contribution < 1.29 is 0 Å². The Morgan fingerprint density at radius 1 is 1.21 bits per heavy atom. The van der Waals surface area contributed by atoms with Crippen LogP contribution in [0.25, 0.3) is 0 Å². The maximum absolute atomic E-state index is 4.70. The summed E-state index contributed by atoms with van der Waals surface area (Å²) in [5.41, 5.74) is 1.31. The second kappa shape index (κ2) is 6.96. The first-order valence-electron chi connectivity index (χ1n) is 9.41. The first-order chi connectivity index (χ1) is 11.7. The van der Waals surface area contributed by atoms with E-state index in [0.29, 0.717) is 5.92 Å². The van der Waals surface area contributed by atoms with E-state index >= 15 is 0 Å². The molecule has 0 radical (unpaired) electrons. The highest BCUT2D eigenvalue weighted by molar-refractivity contribution is 7.11. The monoisotopic (exact) mass is 344 g/mol. The Morgan fingerprint density at radius 3 is 2.71 bits per heavy atom. The molecule has 2 fully saturated rings. The average Bonchev–Trinajstić information content (AvgIpc) is 3.16. The summed E-state index contributed by atoms with van der Waals surface area (Å²) in [5.74, 6) is 2.90. The molecule has 2 aromatic rings. The lowest BCUT2D eigenvalue weighted by molar-refractivity contribution is 0.201. The number of imidazole rings is 1. The molecule has 0 bridgehead atoms. The van der Waals surface area contributed by atoms with Gasteiger partial charge in [0, 0.05) is 36.3 Å². The van der Waals surface area contributed by atoms with Crippen LogP contribution in [0.4, 0.5) is 0 Å². The van der Waals surface area contributed by atoms with Crippen molar-refractivity contribution in [2.75, 3.05) is 13.1 Å². The van der Waals surface area contributed by atoms with Crippen LogP contribution in [-0.2, 0) is 19.5 Å². The smallest absolute Gasteiger partial charge is 0.111 e. The van der Waals surface area contributed by atoms with E-state index in [1.54, 1.807) is 0 Å². The highest BCUT2D eigenvalue weighted by Gasteiger charge is 2.27. The minimum atomic E-state index is 0.642. The molecule has 1 saturated heterocycles. The highest BCUT2D eigenvalue weighted by Crippen LogP contribution is 2.34. The molecule has 2 aliphatic rings. The lowest BCUT2D eigenvalue weighted by Gasteiger charge is -2.31. The van der Waals surface area contributed by atoms with Crippen LogP contribution >= 0.6 is 11.3 Å². The number of aromatic nitrogens is 3. The summed E-state index contributed by atoms with van der Waals surface area (Å²) >= 11 is 1.88. The third kappa shape index (κ3) is 3.57. The number of aryl methyl sites for hydroxylation is 2. The van der Waals surface area contributed by atoms with Gasteiger partial charge in [-0.1, -0.05) is 6.92 Å². The third-order valence-electron chi connectivity index (χ3n) is 5.44. The van der Waals surface area contributed by atoms with E-state index in [1.807, 2.05) is 17.5 Å². The summed E-state index contributed by atoms with van der Waals surface area (Å²) < 4.78 is 2.43. The topological polar surface area (TPSA) is 34.0 Å². The predicted molar refractivity (Wildman–Crippen MR) is 98.4 cm³/mol. The van der Waals surface area contributed by atoms with Crippen molar-refractivity contribution in [1.29, 1.82) is 0 Å². The normalized spacial score (nSPS) is 19.9. The zero-order chi connectivity index (χ0) is 16.5. The van der Waals surface area contributed by atoms with Crippen LogP contribution < -0.4 is 0 Å². The second-order valence-electron chi connectivity index (χ2n) is 7.39. The van der Waals surface area contributed by atoms with E-state index in [9.17, 15) is 0 Å². The Kier molecular flexibility index (Phi) is 4.72. The lowest BCUT2D eigenvalue weighted by Crippen LogP contribution is -2.33. The number of hydrogen-bond acceptors (Lipinski definition) is 4. The number of nitrogens with zero attached hydrogens (tertiary/aromatic N) is 4. The molecular weight excluding hydrogens is 316 g/mol. The van der Waals surface area contributed by atoms with Crippen molar-refractivity contribution >= 4 is 11.3 Å². The van der Waals surface area contributed by atoms with Crippen LogP contribution in [-0.4, -0.2) is 32.5 Å². The molecule has 0 amide bonds. The molecule has 1 aliphatic carbocycles. The van der Waals surface area contributed by atoms with Gasteiger partial charge in [-0.25, -0.2) is 9.97 Å². The number of hydrogen-bond donors (Lipinski definition) is 0. The SMILES string of the molecule is CCc1nc(C)sc1CN1CCC(c2nccn2CC2CC2)CC1. The van der Waals surface area contributed by atoms with Crippen molar-refractivity contribution in [3.05, 3.63) is 33.8 Å². The van der Waals surface area contributed by atoms with Crippen LogP contribution in [0.2, 0.25) is 0 Å². The maximum Gasteiger partial charge on any atom is 0.111 e. The van der Waals surface area contributed by atoms with Gasteiger partial charge in [0.2, 0.25) is 0 Å². The average molecular weight is 345 g/mol. The number of rotatable bonds is 6. The second-order valence-corrected chi connectivity index (χ2v) is 8.68. The number of likely N-dealkylation sites (tertiary alicyclic amines) is 1. The molecule has 0 atom stereocenters. The van der Waals surface area contributed by atoms with Gasteiger partial charge < -0.3 is 4.57 Å². The third-order valence-corrected chi connectivity index (χ3v) is 6.44. The van der Waals surface area contributed by atoms with Crippen molar-refractivity contribution in [3.8, 4) is 0 Å². The molecule has 130 valence electrons. The van der Waals surface area contributed by atoms with E-state index in [2.05, 4.69) is 34.5 Å². The van der Waals surface area contributed by atoms with Gasteiger partial charge >= 0.3 is 0 Å². The van der Waals surface area contributed by atoms with Gasteiger partial charge in [-0.2, -0.15) is 0 Å². The summed E-state index contributed by atoms with van der Waals surface area (Å²) in [6.45, 7) is 8.97. The fraction of sp³-hybridized carbons (Fsp3) is 0.684. The maximum atomic E-state index is 4.70. The summed E-state index contributed by atoms with van der Waals surface area (Å²) in [5, 5.41) is 1.21. The Hall–Kier alpha value is -1.20. The molecule has 5 heteroatoms. The van der Waals surface area contributed by atoms with E-state index in [-0.39, 0.29) is 0 Å². The van der Waals surface area contributed by atoms with Crippen LogP contribution in [0, 0.1) is 12.8 Å². The van der Waals surface area contributed by atoms with Crippen molar-refractivity contribution in [2.45, 2.75) is 65.0 Å². The molecular formula is C19H28N4S. The van der Waals surface area contributed by atoms with Crippen LogP contribution in [0.1, 0.15) is 59.9 Å².